The smallest absolute Gasteiger partial charge is 0.214 e. The van der Waals surface area contributed by atoms with Crippen molar-refractivity contribution >= 4 is 21.6 Å². The van der Waals surface area contributed by atoms with Gasteiger partial charge in [-0.2, -0.15) is 5.26 Å². The molecule has 0 saturated heterocycles. The topological polar surface area (TPSA) is 104 Å². The van der Waals surface area contributed by atoms with Crippen LogP contribution in [-0.2, 0) is 19.6 Å². The van der Waals surface area contributed by atoms with E-state index in [1.165, 1.54) is 0 Å². The molecule has 0 aromatic heterocycles. The summed E-state index contributed by atoms with van der Waals surface area (Å²) in [5.74, 6) is -0.308. The van der Waals surface area contributed by atoms with Gasteiger partial charge in [-0.05, 0) is 91.9 Å². The van der Waals surface area contributed by atoms with Gasteiger partial charge in [0.25, 0.3) is 0 Å². The van der Waals surface area contributed by atoms with Crippen molar-refractivity contribution < 1.29 is 18.0 Å². The number of sulfonamides is 1. The number of nitriles is 1. The van der Waals surface area contributed by atoms with E-state index in [-0.39, 0.29) is 56.4 Å². The van der Waals surface area contributed by atoms with Gasteiger partial charge >= 0.3 is 0 Å². The average molecular weight is 567 g/mol. The predicted octanol–water partition coefficient (Wildman–Crippen LogP) is 6.04. The Balaban J connectivity index is 1.50. The van der Waals surface area contributed by atoms with Crippen molar-refractivity contribution in [3.05, 3.63) is 23.3 Å². The number of hydrogen-bond acceptors (Lipinski definition) is 5. The van der Waals surface area contributed by atoms with Crippen molar-refractivity contribution in [1.29, 1.82) is 5.26 Å². The number of hydrogen-bond donors (Lipinski definition) is 1. The van der Waals surface area contributed by atoms with E-state index in [4.69, 9.17) is 0 Å². The van der Waals surface area contributed by atoms with Crippen LogP contribution in [0.5, 0.6) is 0 Å². The Hall–Kier alpha value is -1.78. The maximum absolute atomic E-state index is 14.5. The second-order valence-electron chi connectivity index (χ2n) is 16.3. The van der Waals surface area contributed by atoms with Crippen LogP contribution in [0.15, 0.2) is 23.3 Å². The normalized spacial score (nSPS) is 45.6. The fraction of sp³-hybridized carbons (Fsp3) is 0.788. The van der Waals surface area contributed by atoms with Crippen molar-refractivity contribution in [2.45, 2.75) is 117 Å². The number of allylic oxidation sites excluding steroid dienone is 4. The molecule has 0 aromatic carbocycles. The number of nitrogens with one attached hydrogen (secondary N) is 1. The third-order valence-corrected chi connectivity index (χ3v) is 15.2. The summed E-state index contributed by atoms with van der Waals surface area (Å²) in [5, 5.41) is 9.62. The molecule has 1 N–H and O–H groups in total. The van der Waals surface area contributed by atoms with E-state index in [2.05, 4.69) is 45.4 Å². The van der Waals surface area contributed by atoms with Crippen LogP contribution in [0.4, 0.5) is 0 Å². The number of ketones is 2. The molecule has 7 heteroatoms. The highest BCUT2D eigenvalue weighted by Crippen LogP contribution is 2.73. The molecular weight excluding hydrogens is 520 g/mol. The van der Waals surface area contributed by atoms with Crippen LogP contribution in [0, 0.1) is 56.2 Å². The van der Waals surface area contributed by atoms with Gasteiger partial charge in [0.15, 0.2) is 11.6 Å². The maximum Gasteiger partial charge on any atom is 0.214 e. The van der Waals surface area contributed by atoms with Crippen molar-refractivity contribution in [3.63, 3.8) is 0 Å². The van der Waals surface area contributed by atoms with Crippen molar-refractivity contribution in [2.24, 2.45) is 44.8 Å². The van der Waals surface area contributed by atoms with Gasteiger partial charge in [0, 0.05) is 22.3 Å². The third-order valence-electron chi connectivity index (χ3n) is 13.2. The van der Waals surface area contributed by atoms with Crippen molar-refractivity contribution in [2.75, 3.05) is 0 Å². The number of carbonyl (C=O) groups is 2. The second-order valence-corrected chi connectivity index (χ2v) is 18.2. The van der Waals surface area contributed by atoms with Gasteiger partial charge in [-0.15, -0.1) is 0 Å². The Morgan fingerprint density at radius 3 is 2.20 bits per heavy atom. The second kappa shape index (κ2) is 8.19. The van der Waals surface area contributed by atoms with Crippen molar-refractivity contribution in [3.8, 4) is 6.07 Å². The number of carbonyl (C=O) groups excluding carboxylic acids is 2. The zero-order valence-corrected chi connectivity index (χ0v) is 26.1. The Morgan fingerprint density at radius 2 is 1.57 bits per heavy atom. The molecule has 6 aliphatic carbocycles. The highest BCUT2D eigenvalue weighted by Gasteiger charge is 2.70. The van der Waals surface area contributed by atoms with Gasteiger partial charge in [-0.3, -0.25) is 9.59 Å². The first-order chi connectivity index (χ1) is 18.4. The molecule has 218 valence electrons. The monoisotopic (exact) mass is 566 g/mol. The molecule has 7 atom stereocenters. The first kappa shape index (κ1) is 28.3. The van der Waals surface area contributed by atoms with E-state index >= 15 is 0 Å². The molecular formula is C33H46N2O4S. The molecule has 0 bridgehead atoms. The predicted molar refractivity (Wildman–Crippen MR) is 154 cm³/mol. The minimum Gasteiger partial charge on any atom is -0.295 e. The largest absolute Gasteiger partial charge is 0.295 e. The minimum absolute atomic E-state index is 0.0125. The average Bonchev–Trinajstić information content (AvgIpc) is 3.70. The van der Waals surface area contributed by atoms with E-state index in [1.807, 2.05) is 26.0 Å². The fourth-order valence-corrected chi connectivity index (χ4v) is 12.4. The zero-order chi connectivity index (χ0) is 29.3. The van der Waals surface area contributed by atoms with Gasteiger partial charge in [-0.25, -0.2) is 13.1 Å². The molecule has 0 unspecified atom stereocenters. The summed E-state index contributed by atoms with van der Waals surface area (Å²) in [6, 6.07) is 2.17. The Kier molecular flexibility index (Phi) is 5.80. The standard InChI is InChI=1S/C33H46N2O4S/c1-28(2)12-14-33(35-40(38,39)21-8-9-21)15-13-32(7)26(22(33)18-28)23(36)16-25-30(5)17-20(19-34)27(37)29(3,4)24(30)10-11-31(25,32)6/h16-17,21-22,24,26,35H,8-15,18H2,1-7H3/t22-,24-,26-,30-,31+,32+,33-/m0/s1. The van der Waals surface area contributed by atoms with Crippen LogP contribution >= 0.6 is 0 Å². The zero-order valence-electron chi connectivity index (χ0n) is 25.3. The van der Waals surface area contributed by atoms with Crippen LogP contribution < -0.4 is 4.72 Å². The summed E-state index contributed by atoms with van der Waals surface area (Å²) in [7, 11) is -3.42. The Labute approximate surface area is 240 Å². The number of nitrogens with zero attached hydrogens (tertiary/aromatic N) is 1. The summed E-state index contributed by atoms with van der Waals surface area (Å²) in [6.07, 6.45) is 11.0. The van der Waals surface area contributed by atoms with E-state index in [1.54, 1.807) is 0 Å². The van der Waals surface area contributed by atoms with Crippen LogP contribution in [-0.4, -0.2) is 30.8 Å². The van der Waals surface area contributed by atoms with E-state index in [9.17, 15) is 23.3 Å². The Bertz CT molecular complexity index is 1410. The van der Waals surface area contributed by atoms with Crippen LogP contribution in [0.3, 0.4) is 0 Å². The molecule has 0 amide bonds. The highest BCUT2D eigenvalue weighted by molar-refractivity contribution is 7.90. The van der Waals surface area contributed by atoms with E-state index in [0.717, 1.165) is 63.4 Å². The van der Waals surface area contributed by atoms with Crippen LogP contribution in [0.25, 0.3) is 0 Å². The summed E-state index contributed by atoms with van der Waals surface area (Å²) in [4.78, 5) is 27.8. The molecule has 4 fully saturated rings. The van der Waals surface area contributed by atoms with Gasteiger partial charge in [0.2, 0.25) is 10.0 Å². The number of Topliss-reactive ketones (excluding diaryl/α,β-unsaturated/α-hetero) is 1. The van der Waals surface area contributed by atoms with Gasteiger partial charge in [0.1, 0.15) is 6.07 Å². The molecule has 0 radical (unpaired) electrons. The summed E-state index contributed by atoms with van der Waals surface area (Å²) < 4.78 is 30.0. The van der Waals surface area contributed by atoms with Crippen LogP contribution in [0.1, 0.15) is 106 Å². The van der Waals surface area contributed by atoms with E-state index in [0.29, 0.717) is 0 Å². The first-order valence-electron chi connectivity index (χ1n) is 15.3. The van der Waals surface area contributed by atoms with Crippen molar-refractivity contribution in [1.82, 2.24) is 4.72 Å². The third kappa shape index (κ3) is 3.57. The quantitative estimate of drug-likeness (QED) is 0.449. The molecule has 4 saturated carbocycles. The lowest BCUT2D eigenvalue weighted by molar-refractivity contribution is -0.159. The lowest BCUT2D eigenvalue weighted by Crippen LogP contribution is -2.69. The molecule has 40 heavy (non-hydrogen) atoms. The minimum atomic E-state index is -3.42. The fourth-order valence-electron chi connectivity index (χ4n) is 10.6. The maximum atomic E-state index is 14.5. The first-order valence-corrected chi connectivity index (χ1v) is 16.9. The van der Waals surface area contributed by atoms with Gasteiger partial charge < -0.3 is 0 Å². The van der Waals surface area contributed by atoms with Gasteiger partial charge in [-0.1, -0.05) is 60.1 Å². The molecule has 6 nitrogen and oxygen atoms in total. The highest BCUT2D eigenvalue weighted by atomic mass is 32.2. The summed E-state index contributed by atoms with van der Waals surface area (Å²) in [6.45, 7) is 15.2. The molecule has 0 spiro atoms. The molecule has 6 rings (SSSR count). The lowest BCUT2D eigenvalue weighted by Gasteiger charge is -2.69. The lowest BCUT2D eigenvalue weighted by atomic mass is 9.35. The Morgan fingerprint density at radius 1 is 0.925 bits per heavy atom. The molecule has 0 aliphatic heterocycles. The summed E-state index contributed by atoms with van der Waals surface area (Å²) in [5.41, 5.74) is -1.15. The SMILES string of the molecule is CC1(C)CC[C@]2(NS(=O)(=O)C3CC3)CC[C@]3(C)[C@H](C(=O)C=C4[C@@]5(C)C=C(C#N)C(=O)C(C)(C)[C@@H]5CC[C@]43C)[C@@H]2C1. The van der Waals surface area contributed by atoms with Crippen LogP contribution in [0.2, 0.25) is 0 Å². The van der Waals surface area contributed by atoms with Gasteiger partial charge in [0.05, 0.1) is 10.8 Å². The summed E-state index contributed by atoms with van der Waals surface area (Å²) >= 11 is 0. The molecule has 0 aromatic rings. The number of rotatable bonds is 3. The number of fused-ring (bicyclic) bond motifs is 7. The molecule has 0 heterocycles. The molecule has 6 aliphatic rings. The van der Waals surface area contributed by atoms with E-state index < -0.39 is 26.4 Å².